The van der Waals surface area contributed by atoms with Gasteiger partial charge in [-0.1, -0.05) is 66.7 Å². The topological polar surface area (TPSA) is 132 Å². The number of non-ortho nitro benzene ring substituents is 1. The number of hydrogen-bond acceptors (Lipinski definition) is 6. The molecule has 0 aliphatic rings. The number of nitro benzene ring substituents is 1. The minimum atomic E-state index is -0.477. The fourth-order valence-electron chi connectivity index (χ4n) is 4.96. The zero-order chi connectivity index (χ0) is 32.0. The van der Waals surface area contributed by atoms with Gasteiger partial charge in [-0.15, -0.1) is 0 Å². The molecule has 0 aliphatic heterocycles. The molecule has 1 heterocycles. The molecule has 0 bridgehead atoms. The van der Waals surface area contributed by atoms with Crippen molar-refractivity contribution in [1.29, 1.82) is 0 Å². The monoisotopic (exact) mass is 607 g/mol. The van der Waals surface area contributed by atoms with Crippen LogP contribution in [0.1, 0.15) is 32.0 Å². The van der Waals surface area contributed by atoms with Crippen LogP contribution < -0.4 is 10.6 Å². The first-order chi connectivity index (χ1) is 22.4. The van der Waals surface area contributed by atoms with Gasteiger partial charge in [-0.05, 0) is 65.4 Å². The molecule has 46 heavy (non-hydrogen) atoms. The van der Waals surface area contributed by atoms with Crippen molar-refractivity contribution >= 4 is 51.5 Å². The highest BCUT2D eigenvalue weighted by molar-refractivity contribution is 6.18. The van der Waals surface area contributed by atoms with E-state index in [1.807, 2.05) is 30.3 Å². The fourth-order valence-corrected chi connectivity index (χ4v) is 4.96. The predicted molar refractivity (Wildman–Crippen MR) is 177 cm³/mol. The summed E-state index contributed by atoms with van der Waals surface area (Å²) in [6, 6.07) is 35.7. The lowest BCUT2D eigenvalue weighted by molar-refractivity contribution is -0.384. The van der Waals surface area contributed by atoms with Crippen molar-refractivity contribution in [2.45, 2.75) is 0 Å². The van der Waals surface area contributed by atoms with Crippen molar-refractivity contribution in [2.75, 3.05) is 10.6 Å². The summed E-state index contributed by atoms with van der Waals surface area (Å²) in [5, 5.41) is 18.2. The highest BCUT2D eigenvalue weighted by Gasteiger charge is 2.18. The van der Waals surface area contributed by atoms with E-state index in [4.69, 9.17) is 4.42 Å². The van der Waals surface area contributed by atoms with Gasteiger partial charge in [0.15, 0.2) is 5.78 Å². The molecule has 0 atom stereocenters. The summed E-state index contributed by atoms with van der Waals surface area (Å²) < 4.78 is 5.76. The fraction of sp³-hybridized carbons (Fsp3) is 0. The van der Waals surface area contributed by atoms with E-state index in [9.17, 15) is 24.5 Å². The molecule has 1 aromatic heterocycles. The number of nitrogens with one attached hydrogen (secondary N) is 2. The maximum atomic E-state index is 13.6. The van der Waals surface area contributed by atoms with Crippen LogP contribution in [0.3, 0.4) is 0 Å². The van der Waals surface area contributed by atoms with Crippen LogP contribution >= 0.6 is 0 Å². The first-order valence-electron chi connectivity index (χ1n) is 14.2. The van der Waals surface area contributed by atoms with Crippen LogP contribution in [0.4, 0.5) is 17.1 Å². The summed E-state index contributed by atoms with van der Waals surface area (Å²) in [5.74, 6) is -0.283. The Labute approximate surface area is 263 Å². The van der Waals surface area contributed by atoms with E-state index in [1.165, 1.54) is 30.4 Å². The lowest BCUT2D eigenvalue weighted by atomic mass is 10.00. The Kier molecular flexibility index (Phi) is 8.29. The maximum Gasteiger partial charge on any atom is 0.269 e. The van der Waals surface area contributed by atoms with Gasteiger partial charge in [0.2, 0.25) is 5.91 Å². The van der Waals surface area contributed by atoms with E-state index in [2.05, 4.69) is 10.6 Å². The zero-order valence-electron chi connectivity index (χ0n) is 24.2. The molecule has 0 radical (unpaired) electrons. The van der Waals surface area contributed by atoms with Gasteiger partial charge in [-0.25, -0.2) is 0 Å². The standard InChI is InChI=1S/C37H25N3O6/c41-35(22-19-29-18-21-34(46-29)25-13-16-28(17-14-25)40(44)45)38-27-15-20-33(32(23-27)36(42)26-8-2-1-3-9-26)39-37(43)31-12-6-10-24-7-4-5-11-30(24)31/h1-23H,(H,38,41)(H,39,43)/b22-19+. The first-order valence-corrected chi connectivity index (χ1v) is 14.2. The molecular formula is C37H25N3O6. The molecule has 0 aliphatic carbocycles. The molecule has 6 aromatic rings. The molecule has 0 fully saturated rings. The van der Waals surface area contributed by atoms with Gasteiger partial charge in [0.25, 0.3) is 11.6 Å². The molecule has 0 spiro atoms. The van der Waals surface area contributed by atoms with Crippen molar-refractivity contribution in [3.63, 3.8) is 0 Å². The van der Waals surface area contributed by atoms with Crippen LogP contribution in [-0.2, 0) is 4.79 Å². The number of nitro groups is 1. The summed E-state index contributed by atoms with van der Waals surface area (Å²) in [4.78, 5) is 50.3. The molecule has 0 saturated carbocycles. The normalized spacial score (nSPS) is 11.0. The van der Waals surface area contributed by atoms with Crippen molar-refractivity contribution < 1.29 is 23.7 Å². The van der Waals surface area contributed by atoms with Crippen molar-refractivity contribution in [3.05, 3.63) is 166 Å². The summed E-state index contributed by atoms with van der Waals surface area (Å²) in [5.41, 5.74) is 2.37. The van der Waals surface area contributed by atoms with E-state index in [0.29, 0.717) is 39.6 Å². The van der Waals surface area contributed by atoms with Crippen LogP contribution in [0.25, 0.3) is 28.2 Å². The number of benzene rings is 5. The molecule has 6 rings (SSSR count). The van der Waals surface area contributed by atoms with Crippen LogP contribution in [0.2, 0.25) is 0 Å². The van der Waals surface area contributed by atoms with Gasteiger partial charge in [0.05, 0.1) is 10.6 Å². The minimum Gasteiger partial charge on any atom is -0.457 e. The third kappa shape index (κ3) is 6.48. The molecule has 0 unspecified atom stereocenters. The Morgan fingerprint density at radius 3 is 2.24 bits per heavy atom. The van der Waals surface area contributed by atoms with E-state index < -0.39 is 10.8 Å². The Morgan fingerprint density at radius 1 is 0.717 bits per heavy atom. The van der Waals surface area contributed by atoms with E-state index in [-0.39, 0.29) is 22.9 Å². The van der Waals surface area contributed by atoms with Crippen LogP contribution in [0.15, 0.2) is 138 Å². The summed E-state index contributed by atoms with van der Waals surface area (Å²) in [6.45, 7) is 0. The van der Waals surface area contributed by atoms with E-state index in [0.717, 1.165) is 10.8 Å². The van der Waals surface area contributed by atoms with E-state index >= 15 is 0 Å². The van der Waals surface area contributed by atoms with E-state index in [1.54, 1.807) is 78.9 Å². The van der Waals surface area contributed by atoms with Crippen LogP contribution in [0, 0.1) is 10.1 Å². The molecule has 5 aromatic carbocycles. The number of carbonyl (C=O) groups is 3. The van der Waals surface area contributed by atoms with Gasteiger partial charge in [0.1, 0.15) is 11.5 Å². The van der Waals surface area contributed by atoms with Crippen LogP contribution in [-0.4, -0.2) is 22.5 Å². The average molecular weight is 608 g/mol. The Morgan fingerprint density at radius 2 is 1.46 bits per heavy atom. The second kappa shape index (κ2) is 12.9. The largest absolute Gasteiger partial charge is 0.457 e. The number of rotatable bonds is 9. The molecular weight excluding hydrogens is 582 g/mol. The Balaban J connectivity index is 1.22. The Bertz CT molecular complexity index is 2130. The number of furan rings is 1. The zero-order valence-corrected chi connectivity index (χ0v) is 24.2. The second-order valence-corrected chi connectivity index (χ2v) is 10.3. The predicted octanol–water partition coefficient (Wildman–Crippen LogP) is 8.14. The average Bonchev–Trinajstić information content (AvgIpc) is 3.57. The van der Waals surface area contributed by atoms with Crippen molar-refractivity contribution in [2.24, 2.45) is 0 Å². The number of carbonyl (C=O) groups excluding carboxylic acids is 3. The van der Waals surface area contributed by atoms with Crippen molar-refractivity contribution in [3.8, 4) is 11.3 Å². The lowest BCUT2D eigenvalue weighted by Gasteiger charge is -2.14. The SMILES string of the molecule is O=C(/C=C/c1ccc(-c2ccc([N+](=O)[O-])cc2)o1)Nc1ccc(NC(=O)c2cccc3ccccc23)c(C(=O)c2ccccc2)c1. The Hall–Kier alpha value is -6.61. The molecule has 224 valence electrons. The smallest absolute Gasteiger partial charge is 0.269 e. The summed E-state index contributed by atoms with van der Waals surface area (Å²) in [7, 11) is 0. The van der Waals surface area contributed by atoms with Gasteiger partial charge >= 0.3 is 0 Å². The number of anilines is 2. The maximum absolute atomic E-state index is 13.6. The molecule has 0 saturated heterocycles. The van der Waals surface area contributed by atoms with Gasteiger partial charge in [0, 0.05) is 46.1 Å². The highest BCUT2D eigenvalue weighted by atomic mass is 16.6. The van der Waals surface area contributed by atoms with Crippen LogP contribution in [0.5, 0.6) is 0 Å². The number of ketones is 1. The van der Waals surface area contributed by atoms with Gasteiger partial charge < -0.3 is 15.1 Å². The summed E-state index contributed by atoms with van der Waals surface area (Å²) >= 11 is 0. The molecule has 9 heteroatoms. The van der Waals surface area contributed by atoms with Gasteiger partial charge in [-0.2, -0.15) is 0 Å². The molecule has 2 N–H and O–H groups in total. The third-order valence-corrected chi connectivity index (χ3v) is 7.24. The number of nitrogens with zero attached hydrogens (tertiary/aromatic N) is 1. The summed E-state index contributed by atoms with van der Waals surface area (Å²) in [6.07, 6.45) is 2.77. The minimum absolute atomic E-state index is 0.0269. The van der Waals surface area contributed by atoms with Crippen molar-refractivity contribution in [1.82, 2.24) is 0 Å². The molecule has 9 nitrogen and oxygen atoms in total. The quantitative estimate of drug-likeness (QED) is 0.0738. The number of amides is 2. The highest BCUT2D eigenvalue weighted by Crippen LogP contribution is 2.27. The lowest BCUT2D eigenvalue weighted by Crippen LogP contribution is -2.16. The first kappa shape index (κ1) is 29.5. The number of fused-ring (bicyclic) bond motifs is 1. The third-order valence-electron chi connectivity index (χ3n) is 7.24. The molecule has 2 amide bonds. The van der Waals surface area contributed by atoms with Gasteiger partial charge in [-0.3, -0.25) is 24.5 Å². The number of hydrogen-bond donors (Lipinski definition) is 2. The second-order valence-electron chi connectivity index (χ2n) is 10.3.